The van der Waals surface area contributed by atoms with Crippen molar-refractivity contribution < 1.29 is 4.79 Å². The average molecular weight is 241 g/mol. The average Bonchev–Trinajstić information content (AvgIpc) is 2.57. The van der Waals surface area contributed by atoms with Crippen LogP contribution in [0.15, 0.2) is 0 Å². The van der Waals surface area contributed by atoms with Gasteiger partial charge >= 0.3 is 6.03 Å². The van der Waals surface area contributed by atoms with Crippen molar-refractivity contribution in [3.8, 4) is 0 Å². The van der Waals surface area contributed by atoms with Crippen LogP contribution in [0.25, 0.3) is 0 Å². The Labute approximate surface area is 105 Å². The molecule has 4 heteroatoms. The van der Waals surface area contributed by atoms with E-state index in [1.165, 1.54) is 25.7 Å². The minimum atomic E-state index is -0.107. The molecule has 0 aromatic rings. The summed E-state index contributed by atoms with van der Waals surface area (Å²) in [5.41, 5.74) is 5.89. The van der Waals surface area contributed by atoms with Gasteiger partial charge in [0, 0.05) is 19.6 Å². The number of nitrogens with zero attached hydrogens (tertiary/aromatic N) is 1. The molecule has 1 fully saturated rings. The fraction of sp³-hybridized carbons (Fsp3) is 0.923. The highest BCUT2D eigenvalue weighted by Gasteiger charge is 2.37. The second-order valence-corrected chi connectivity index (χ2v) is 4.92. The molecule has 3 N–H and O–H groups in total. The maximum Gasteiger partial charge on any atom is 0.317 e. The molecule has 0 heterocycles. The molecule has 17 heavy (non-hydrogen) atoms. The van der Waals surface area contributed by atoms with Gasteiger partial charge in [-0.25, -0.2) is 4.79 Å². The first-order valence-corrected chi connectivity index (χ1v) is 6.95. The molecule has 0 aliphatic heterocycles. The molecule has 0 saturated heterocycles. The lowest BCUT2D eigenvalue weighted by atomic mass is 9.88. The zero-order valence-electron chi connectivity index (χ0n) is 11.3. The number of nitrogens with one attached hydrogen (secondary N) is 1. The molecule has 1 rings (SSSR count). The molecule has 0 aromatic carbocycles. The Kier molecular flexibility index (Phi) is 5.75. The molecule has 1 aliphatic carbocycles. The molecule has 0 atom stereocenters. The molecule has 100 valence electrons. The van der Waals surface area contributed by atoms with Crippen molar-refractivity contribution in [1.82, 2.24) is 10.2 Å². The van der Waals surface area contributed by atoms with Crippen LogP contribution < -0.4 is 11.1 Å². The van der Waals surface area contributed by atoms with Crippen LogP contribution in [0.5, 0.6) is 0 Å². The molecule has 1 aliphatic rings. The first-order valence-electron chi connectivity index (χ1n) is 6.95. The van der Waals surface area contributed by atoms with Gasteiger partial charge in [-0.15, -0.1) is 0 Å². The third-order valence-corrected chi connectivity index (χ3v) is 3.88. The quantitative estimate of drug-likeness (QED) is 0.740. The van der Waals surface area contributed by atoms with Crippen molar-refractivity contribution in [2.24, 2.45) is 5.73 Å². The van der Waals surface area contributed by atoms with Crippen LogP contribution in [-0.4, -0.2) is 36.1 Å². The van der Waals surface area contributed by atoms with E-state index >= 15 is 0 Å². The Balaban J connectivity index is 2.82. The molecule has 4 nitrogen and oxygen atoms in total. The Hall–Kier alpha value is -0.770. The lowest BCUT2D eigenvalue weighted by Crippen LogP contribution is -2.58. The minimum Gasteiger partial charge on any atom is -0.338 e. The predicted molar refractivity (Wildman–Crippen MR) is 70.9 cm³/mol. The first-order chi connectivity index (χ1) is 8.20. The fourth-order valence-electron chi connectivity index (χ4n) is 2.91. The number of rotatable bonds is 4. The molecular weight excluding hydrogens is 214 g/mol. The van der Waals surface area contributed by atoms with Gasteiger partial charge < -0.3 is 16.0 Å². The van der Waals surface area contributed by atoms with E-state index in [1.807, 2.05) is 18.7 Å². The van der Waals surface area contributed by atoms with E-state index in [1.54, 1.807) is 0 Å². The normalized spacial score (nSPS) is 19.5. The summed E-state index contributed by atoms with van der Waals surface area (Å²) in [6.45, 7) is 5.99. The van der Waals surface area contributed by atoms with Gasteiger partial charge in [-0.3, -0.25) is 0 Å². The third-order valence-electron chi connectivity index (χ3n) is 3.88. The topological polar surface area (TPSA) is 58.4 Å². The van der Waals surface area contributed by atoms with Crippen molar-refractivity contribution in [3.63, 3.8) is 0 Å². The van der Waals surface area contributed by atoms with Crippen molar-refractivity contribution in [3.05, 3.63) is 0 Å². The highest BCUT2D eigenvalue weighted by molar-refractivity contribution is 5.75. The number of amides is 2. The van der Waals surface area contributed by atoms with Gasteiger partial charge in [0.2, 0.25) is 0 Å². The number of nitrogens with two attached hydrogens (primary N) is 1. The van der Waals surface area contributed by atoms with Crippen molar-refractivity contribution >= 4 is 6.03 Å². The van der Waals surface area contributed by atoms with E-state index in [-0.39, 0.29) is 11.6 Å². The number of urea groups is 1. The molecule has 0 bridgehead atoms. The van der Waals surface area contributed by atoms with E-state index in [9.17, 15) is 4.79 Å². The summed E-state index contributed by atoms with van der Waals surface area (Å²) in [5, 5.41) is 2.90. The summed E-state index contributed by atoms with van der Waals surface area (Å²) in [6.07, 6.45) is 7.02. The van der Waals surface area contributed by atoms with E-state index in [2.05, 4.69) is 5.32 Å². The van der Waals surface area contributed by atoms with Crippen LogP contribution in [-0.2, 0) is 0 Å². The Morgan fingerprint density at radius 1 is 1.24 bits per heavy atom. The SMILES string of the molecule is CCNC(=O)N(CC)C1(CN)CCCCCC1. The van der Waals surface area contributed by atoms with Gasteiger partial charge in [0.1, 0.15) is 0 Å². The number of carbonyl (C=O) groups is 1. The predicted octanol–water partition coefficient (Wildman–Crippen LogP) is 2.09. The maximum absolute atomic E-state index is 12.1. The van der Waals surface area contributed by atoms with Crippen LogP contribution in [0.2, 0.25) is 0 Å². The molecule has 0 unspecified atom stereocenters. The van der Waals surface area contributed by atoms with Crippen LogP contribution in [0, 0.1) is 0 Å². The van der Waals surface area contributed by atoms with Gasteiger partial charge in [0.05, 0.1) is 5.54 Å². The standard InChI is InChI=1S/C13H27N3O/c1-3-15-12(17)16(4-2)13(11-14)9-7-5-6-8-10-13/h3-11,14H2,1-2H3,(H,15,17). The van der Waals surface area contributed by atoms with Crippen LogP contribution in [0.4, 0.5) is 4.79 Å². The zero-order chi connectivity index (χ0) is 12.7. The van der Waals surface area contributed by atoms with E-state index < -0.39 is 0 Å². The first kappa shape index (κ1) is 14.3. The fourth-order valence-corrected chi connectivity index (χ4v) is 2.91. The largest absolute Gasteiger partial charge is 0.338 e. The molecule has 1 saturated carbocycles. The van der Waals surface area contributed by atoms with Crippen LogP contribution in [0.3, 0.4) is 0 Å². The highest BCUT2D eigenvalue weighted by Crippen LogP contribution is 2.31. The second-order valence-electron chi connectivity index (χ2n) is 4.92. The van der Waals surface area contributed by atoms with E-state index in [0.29, 0.717) is 13.1 Å². The molecule has 0 aromatic heterocycles. The molecule has 0 radical (unpaired) electrons. The van der Waals surface area contributed by atoms with Crippen molar-refractivity contribution in [2.45, 2.75) is 57.9 Å². The van der Waals surface area contributed by atoms with Crippen molar-refractivity contribution in [1.29, 1.82) is 0 Å². The molecule has 0 spiro atoms. The van der Waals surface area contributed by atoms with Gasteiger partial charge in [-0.2, -0.15) is 0 Å². The lowest BCUT2D eigenvalue weighted by molar-refractivity contribution is 0.107. The van der Waals surface area contributed by atoms with Crippen LogP contribution in [0.1, 0.15) is 52.4 Å². The third kappa shape index (κ3) is 3.35. The summed E-state index contributed by atoms with van der Waals surface area (Å²) in [4.78, 5) is 14.1. The number of likely N-dealkylation sites (N-methyl/N-ethyl adjacent to an activating group) is 1. The molecular formula is C13H27N3O. The Morgan fingerprint density at radius 2 is 1.82 bits per heavy atom. The number of hydrogen-bond acceptors (Lipinski definition) is 2. The van der Waals surface area contributed by atoms with Gasteiger partial charge in [0.15, 0.2) is 0 Å². The summed E-state index contributed by atoms with van der Waals surface area (Å²) in [6, 6.07) is 0.0438. The number of hydrogen-bond donors (Lipinski definition) is 2. The monoisotopic (exact) mass is 241 g/mol. The minimum absolute atomic E-state index is 0.0438. The number of carbonyl (C=O) groups excluding carboxylic acids is 1. The summed E-state index contributed by atoms with van der Waals surface area (Å²) in [5.74, 6) is 0. The Bertz CT molecular complexity index is 235. The highest BCUT2D eigenvalue weighted by atomic mass is 16.2. The summed E-state index contributed by atoms with van der Waals surface area (Å²) < 4.78 is 0. The Morgan fingerprint density at radius 3 is 2.24 bits per heavy atom. The van der Waals surface area contributed by atoms with Gasteiger partial charge in [-0.1, -0.05) is 25.7 Å². The van der Waals surface area contributed by atoms with Crippen molar-refractivity contribution in [2.75, 3.05) is 19.6 Å². The smallest absolute Gasteiger partial charge is 0.317 e. The summed E-state index contributed by atoms with van der Waals surface area (Å²) >= 11 is 0. The van der Waals surface area contributed by atoms with Crippen LogP contribution >= 0.6 is 0 Å². The van der Waals surface area contributed by atoms with Gasteiger partial charge in [0.25, 0.3) is 0 Å². The maximum atomic E-state index is 12.1. The molecule has 2 amide bonds. The van der Waals surface area contributed by atoms with Gasteiger partial charge in [-0.05, 0) is 26.7 Å². The second kappa shape index (κ2) is 6.84. The van der Waals surface area contributed by atoms with E-state index in [0.717, 1.165) is 19.4 Å². The lowest BCUT2D eigenvalue weighted by Gasteiger charge is -2.42. The zero-order valence-corrected chi connectivity index (χ0v) is 11.3. The van der Waals surface area contributed by atoms with E-state index in [4.69, 9.17) is 5.73 Å². The summed E-state index contributed by atoms with van der Waals surface area (Å²) in [7, 11) is 0.